The molecule has 158 valence electrons. The minimum atomic E-state index is -0.107. The maximum atomic E-state index is 12.2. The first kappa shape index (κ1) is 22.7. The Bertz CT molecular complexity index is 1020. The Morgan fingerprint density at radius 3 is 2.50 bits per heavy atom. The van der Waals surface area contributed by atoms with Gasteiger partial charge in [-0.3, -0.25) is 9.69 Å². The molecule has 1 fully saturated rings. The molecule has 0 bridgehead atoms. The van der Waals surface area contributed by atoms with Gasteiger partial charge in [0.05, 0.1) is 16.5 Å². The number of amides is 1. The number of carbonyl (C=O) groups excluding carboxylic acids is 1. The second-order valence-electron chi connectivity index (χ2n) is 6.74. The van der Waals surface area contributed by atoms with Crippen LogP contribution in [-0.4, -0.2) is 42.5 Å². The predicted molar refractivity (Wildman–Crippen MR) is 129 cm³/mol. The number of aryl methyl sites for hydroxylation is 2. The van der Waals surface area contributed by atoms with Gasteiger partial charge in [0, 0.05) is 7.05 Å². The normalized spacial score (nSPS) is 15.1. The first-order valence-electron chi connectivity index (χ1n) is 9.22. The van der Waals surface area contributed by atoms with E-state index < -0.39 is 0 Å². The maximum Gasteiger partial charge on any atom is 0.265 e. The lowest BCUT2D eigenvalue weighted by Gasteiger charge is -2.15. The monoisotopic (exact) mass is 507 g/mol. The van der Waals surface area contributed by atoms with Crippen molar-refractivity contribution in [1.82, 2.24) is 4.90 Å². The van der Waals surface area contributed by atoms with Crippen LogP contribution < -0.4 is 14.2 Å². The van der Waals surface area contributed by atoms with Crippen LogP contribution in [0.25, 0.3) is 6.08 Å². The molecule has 8 heteroatoms. The molecule has 0 radical (unpaired) electrons. The number of rotatable bonds is 7. The van der Waals surface area contributed by atoms with Crippen LogP contribution in [0.5, 0.6) is 17.2 Å². The first-order valence-corrected chi connectivity index (χ1v) is 11.2. The van der Waals surface area contributed by atoms with Crippen LogP contribution in [0.3, 0.4) is 0 Å². The number of nitrogens with zero attached hydrogens (tertiary/aromatic N) is 1. The average molecular weight is 508 g/mol. The molecule has 2 aromatic rings. The van der Waals surface area contributed by atoms with Crippen molar-refractivity contribution >= 4 is 56.2 Å². The van der Waals surface area contributed by atoms with E-state index in [4.69, 9.17) is 26.4 Å². The van der Waals surface area contributed by atoms with Gasteiger partial charge >= 0.3 is 0 Å². The number of hydrogen-bond acceptors (Lipinski definition) is 6. The summed E-state index contributed by atoms with van der Waals surface area (Å²) in [6.45, 7) is 4.83. The van der Waals surface area contributed by atoms with E-state index in [1.807, 2.05) is 31.2 Å². The Balaban J connectivity index is 1.68. The number of thioether (sulfide) groups is 1. The molecule has 1 saturated heterocycles. The molecule has 30 heavy (non-hydrogen) atoms. The minimum Gasteiger partial charge on any atom is -0.493 e. The van der Waals surface area contributed by atoms with E-state index in [-0.39, 0.29) is 5.91 Å². The van der Waals surface area contributed by atoms with E-state index >= 15 is 0 Å². The fraction of sp³-hybridized carbons (Fsp3) is 0.273. The average Bonchev–Trinajstić information content (AvgIpc) is 2.94. The first-order chi connectivity index (χ1) is 14.3. The highest BCUT2D eigenvalue weighted by molar-refractivity contribution is 9.10. The summed E-state index contributed by atoms with van der Waals surface area (Å²) >= 11 is 10.0. The summed E-state index contributed by atoms with van der Waals surface area (Å²) < 4.78 is 18.5. The minimum absolute atomic E-state index is 0.107. The zero-order chi connectivity index (χ0) is 21.8. The number of carbonyl (C=O) groups is 1. The summed E-state index contributed by atoms with van der Waals surface area (Å²) in [6, 6.07) is 9.78. The summed E-state index contributed by atoms with van der Waals surface area (Å²) in [5.41, 5.74) is 3.10. The zero-order valence-electron chi connectivity index (χ0n) is 17.2. The van der Waals surface area contributed by atoms with Crippen LogP contribution in [0.1, 0.15) is 16.7 Å². The summed E-state index contributed by atoms with van der Waals surface area (Å²) in [5.74, 6) is 1.89. The van der Waals surface area contributed by atoms with Crippen molar-refractivity contribution in [3.63, 3.8) is 0 Å². The van der Waals surface area contributed by atoms with Crippen LogP contribution in [0, 0.1) is 13.8 Å². The van der Waals surface area contributed by atoms with E-state index in [1.165, 1.54) is 22.2 Å². The Morgan fingerprint density at radius 2 is 1.87 bits per heavy atom. The lowest BCUT2D eigenvalue weighted by molar-refractivity contribution is -0.121. The number of benzene rings is 2. The van der Waals surface area contributed by atoms with Crippen molar-refractivity contribution in [2.75, 3.05) is 27.4 Å². The molecule has 0 saturated carbocycles. The maximum absolute atomic E-state index is 12.2. The molecule has 1 aliphatic rings. The van der Waals surface area contributed by atoms with Crippen LogP contribution >= 0.6 is 39.9 Å². The summed E-state index contributed by atoms with van der Waals surface area (Å²) in [7, 11) is 3.25. The molecule has 0 N–H and O–H groups in total. The third-order valence-corrected chi connectivity index (χ3v) is 6.53. The molecular formula is C22H22BrNO4S2. The number of halogens is 1. The van der Waals surface area contributed by atoms with Crippen LogP contribution in [0.15, 0.2) is 39.7 Å². The zero-order valence-corrected chi connectivity index (χ0v) is 20.4. The highest BCUT2D eigenvalue weighted by atomic mass is 79.9. The number of ether oxygens (including phenoxy) is 3. The van der Waals surface area contributed by atoms with Crippen molar-refractivity contribution in [1.29, 1.82) is 0 Å². The molecule has 0 aliphatic carbocycles. The number of thiocarbonyl (C=S) groups is 1. The van der Waals surface area contributed by atoms with Crippen LogP contribution in [0.2, 0.25) is 0 Å². The third kappa shape index (κ3) is 5.17. The van der Waals surface area contributed by atoms with Gasteiger partial charge in [-0.25, -0.2) is 0 Å². The van der Waals surface area contributed by atoms with Gasteiger partial charge in [-0.15, -0.1) is 0 Å². The van der Waals surface area contributed by atoms with Gasteiger partial charge in [-0.1, -0.05) is 41.7 Å². The quantitative estimate of drug-likeness (QED) is 0.285. The Kier molecular flexibility index (Phi) is 7.44. The molecular weight excluding hydrogens is 486 g/mol. The van der Waals surface area contributed by atoms with Crippen LogP contribution in [-0.2, 0) is 4.79 Å². The second kappa shape index (κ2) is 9.85. The van der Waals surface area contributed by atoms with Gasteiger partial charge < -0.3 is 14.2 Å². The summed E-state index contributed by atoms with van der Waals surface area (Å²) in [6.07, 6.45) is 1.79. The van der Waals surface area contributed by atoms with E-state index in [2.05, 4.69) is 28.9 Å². The fourth-order valence-corrected chi connectivity index (χ4v) is 4.67. The standard InChI is InChI=1S/C22H22BrNO4S2/c1-13-5-6-17(14(2)9-13)27-7-8-28-20-16(23)10-15(11-18(20)26-4)12-19-21(25)24(3)22(29)30-19/h5-6,9-12H,7-8H2,1-4H3. The van der Waals surface area contributed by atoms with Crippen molar-refractivity contribution < 1.29 is 19.0 Å². The lowest BCUT2D eigenvalue weighted by Crippen LogP contribution is -2.22. The molecule has 2 aromatic carbocycles. The van der Waals surface area contributed by atoms with Crippen molar-refractivity contribution in [2.24, 2.45) is 0 Å². The topological polar surface area (TPSA) is 48.0 Å². The number of hydrogen-bond donors (Lipinski definition) is 0. The van der Waals surface area contributed by atoms with Gasteiger partial charge in [0.25, 0.3) is 5.91 Å². The number of likely N-dealkylation sites (N-methyl/N-ethyl adjacent to an activating group) is 1. The van der Waals surface area contributed by atoms with E-state index in [9.17, 15) is 4.79 Å². The van der Waals surface area contributed by atoms with E-state index in [0.29, 0.717) is 33.9 Å². The SMILES string of the molecule is COc1cc(C=C2SC(=S)N(C)C2=O)cc(Br)c1OCCOc1ccc(C)cc1C. The van der Waals surface area contributed by atoms with Crippen LogP contribution in [0.4, 0.5) is 0 Å². The van der Waals surface area contributed by atoms with E-state index in [1.54, 1.807) is 20.2 Å². The van der Waals surface area contributed by atoms with Gasteiger partial charge in [0.1, 0.15) is 23.3 Å². The molecule has 1 heterocycles. The molecule has 1 aliphatic heterocycles. The third-order valence-electron chi connectivity index (χ3n) is 4.45. The van der Waals surface area contributed by atoms with Gasteiger partial charge in [0.2, 0.25) is 0 Å². The summed E-state index contributed by atoms with van der Waals surface area (Å²) in [4.78, 5) is 14.3. The Hall–Kier alpha value is -2.03. The molecule has 3 rings (SSSR count). The van der Waals surface area contributed by atoms with Gasteiger partial charge in [-0.2, -0.15) is 0 Å². The largest absolute Gasteiger partial charge is 0.493 e. The highest BCUT2D eigenvalue weighted by Crippen LogP contribution is 2.39. The second-order valence-corrected chi connectivity index (χ2v) is 9.27. The smallest absolute Gasteiger partial charge is 0.265 e. The lowest BCUT2D eigenvalue weighted by atomic mass is 10.1. The summed E-state index contributed by atoms with van der Waals surface area (Å²) in [5, 5.41) is 0. The van der Waals surface area contributed by atoms with Crippen molar-refractivity contribution in [3.8, 4) is 17.2 Å². The molecule has 1 amide bonds. The number of methoxy groups -OCH3 is 1. The predicted octanol–water partition coefficient (Wildman–Crippen LogP) is 5.36. The van der Waals surface area contributed by atoms with Gasteiger partial charge in [0.15, 0.2) is 11.5 Å². The van der Waals surface area contributed by atoms with Gasteiger partial charge in [-0.05, 0) is 65.2 Å². The Morgan fingerprint density at radius 1 is 1.13 bits per heavy atom. The van der Waals surface area contributed by atoms with E-state index in [0.717, 1.165) is 21.3 Å². The van der Waals surface area contributed by atoms with Crippen molar-refractivity contribution in [2.45, 2.75) is 13.8 Å². The molecule has 0 aromatic heterocycles. The fourth-order valence-electron chi connectivity index (χ4n) is 2.92. The highest BCUT2D eigenvalue weighted by Gasteiger charge is 2.28. The molecule has 0 spiro atoms. The molecule has 0 unspecified atom stereocenters. The van der Waals surface area contributed by atoms with Crippen molar-refractivity contribution in [3.05, 3.63) is 56.4 Å². The molecule has 5 nitrogen and oxygen atoms in total. The Labute approximate surface area is 194 Å². The molecule has 0 atom stereocenters.